The molecule has 0 radical (unpaired) electrons. The number of nitro groups is 1. The second-order valence-electron chi connectivity index (χ2n) is 4.11. The molecule has 8 heteroatoms. The van der Waals surface area contributed by atoms with Crippen molar-refractivity contribution in [2.45, 2.75) is 6.92 Å². The molecule has 108 valence electrons. The van der Waals surface area contributed by atoms with Gasteiger partial charge in [0.1, 0.15) is 0 Å². The van der Waals surface area contributed by atoms with Gasteiger partial charge in [0.05, 0.1) is 21.0 Å². The van der Waals surface area contributed by atoms with Crippen LogP contribution in [0, 0.1) is 17.0 Å². The van der Waals surface area contributed by atoms with E-state index in [2.05, 4.69) is 20.9 Å². The Morgan fingerprint density at radius 1 is 1.38 bits per heavy atom. The Hall–Kier alpha value is -2.48. The van der Waals surface area contributed by atoms with Gasteiger partial charge in [-0.2, -0.15) is 0 Å². The van der Waals surface area contributed by atoms with E-state index in [1.165, 1.54) is 30.3 Å². The zero-order valence-corrected chi connectivity index (χ0v) is 12.3. The summed E-state index contributed by atoms with van der Waals surface area (Å²) in [5.41, 5.74) is 0.352. The average Bonchev–Trinajstić information content (AvgIpc) is 2.40. The first-order chi connectivity index (χ1) is 9.86. The van der Waals surface area contributed by atoms with Crippen molar-refractivity contribution in [1.82, 2.24) is 4.98 Å². The predicted octanol–water partition coefficient (Wildman–Crippen LogP) is 3.55. The molecule has 0 spiro atoms. The maximum absolute atomic E-state index is 11.0. The monoisotopic (exact) mass is 352 g/mol. The number of pyridine rings is 1. The Bertz CT molecular complexity index is 732. The molecule has 1 aromatic heterocycles. The van der Waals surface area contributed by atoms with Crippen molar-refractivity contribution >= 4 is 27.6 Å². The summed E-state index contributed by atoms with van der Waals surface area (Å²) in [6.45, 7) is 1.63. The van der Waals surface area contributed by atoms with Crippen molar-refractivity contribution in [1.29, 1.82) is 0 Å². The predicted molar refractivity (Wildman–Crippen MR) is 76.8 cm³/mol. The highest BCUT2D eigenvalue weighted by Crippen LogP contribution is 2.32. The molecule has 0 aliphatic heterocycles. The van der Waals surface area contributed by atoms with Crippen LogP contribution in [0.25, 0.3) is 0 Å². The number of carbonyl (C=O) groups is 1. The summed E-state index contributed by atoms with van der Waals surface area (Å²) in [6.07, 6.45) is 0. The molecular formula is C13H9BrN2O5. The number of benzene rings is 1. The largest absolute Gasteiger partial charge is 0.478 e. The number of nitro benzene ring substituents is 1. The Morgan fingerprint density at radius 3 is 2.71 bits per heavy atom. The summed E-state index contributed by atoms with van der Waals surface area (Å²) in [4.78, 5) is 25.2. The zero-order chi connectivity index (χ0) is 15.6. The van der Waals surface area contributed by atoms with Crippen LogP contribution in [0.5, 0.6) is 11.6 Å². The Morgan fingerprint density at radius 2 is 2.10 bits per heavy atom. The molecule has 0 fully saturated rings. The number of carboxylic acids is 1. The fourth-order valence-electron chi connectivity index (χ4n) is 1.61. The van der Waals surface area contributed by atoms with E-state index < -0.39 is 10.9 Å². The zero-order valence-electron chi connectivity index (χ0n) is 10.7. The molecule has 0 saturated carbocycles. The molecule has 0 saturated heterocycles. The van der Waals surface area contributed by atoms with Crippen LogP contribution in [0.1, 0.15) is 16.1 Å². The van der Waals surface area contributed by atoms with Crippen LogP contribution in [0.3, 0.4) is 0 Å². The molecule has 2 rings (SSSR count). The van der Waals surface area contributed by atoms with E-state index in [0.29, 0.717) is 10.2 Å². The van der Waals surface area contributed by atoms with E-state index in [1.807, 2.05) is 0 Å². The van der Waals surface area contributed by atoms with E-state index >= 15 is 0 Å². The van der Waals surface area contributed by atoms with Gasteiger partial charge in [0.2, 0.25) is 5.88 Å². The van der Waals surface area contributed by atoms with Crippen LogP contribution >= 0.6 is 15.9 Å². The third kappa shape index (κ3) is 3.54. The Balaban J connectivity index is 2.40. The summed E-state index contributed by atoms with van der Waals surface area (Å²) >= 11 is 3.21. The molecule has 0 atom stereocenters. The van der Waals surface area contributed by atoms with Gasteiger partial charge < -0.3 is 9.84 Å². The van der Waals surface area contributed by atoms with E-state index in [-0.39, 0.29) is 22.9 Å². The number of hydrogen-bond acceptors (Lipinski definition) is 5. The second kappa shape index (κ2) is 5.88. The van der Waals surface area contributed by atoms with Crippen LogP contribution in [0.2, 0.25) is 0 Å². The third-order valence-electron chi connectivity index (χ3n) is 2.52. The number of aromatic carboxylic acids is 1. The molecule has 21 heavy (non-hydrogen) atoms. The number of aryl methyl sites for hydroxylation is 1. The molecule has 0 aliphatic rings. The SMILES string of the molecule is Cc1cc(C(=O)O)cc(Oc2cc([N+](=O)[O-])ccc2Br)n1. The lowest BCUT2D eigenvalue weighted by atomic mass is 10.2. The van der Waals surface area contributed by atoms with E-state index in [0.717, 1.165) is 0 Å². The quantitative estimate of drug-likeness (QED) is 0.666. The number of halogens is 1. The van der Waals surface area contributed by atoms with Gasteiger partial charge in [-0.05, 0) is 35.0 Å². The fraction of sp³-hybridized carbons (Fsp3) is 0.0769. The van der Waals surface area contributed by atoms with E-state index in [9.17, 15) is 14.9 Å². The first-order valence-corrected chi connectivity index (χ1v) is 6.50. The molecular weight excluding hydrogens is 344 g/mol. The maximum Gasteiger partial charge on any atom is 0.335 e. The van der Waals surface area contributed by atoms with Crippen molar-refractivity contribution in [2.75, 3.05) is 0 Å². The smallest absolute Gasteiger partial charge is 0.335 e. The highest BCUT2D eigenvalue weighted by Gasteiger charge is 2.13. The lowest BCUT2D eigenvalue weighted by Gasteiger charge is -2.08. The standard InChI is InChI=1S/C13H9BrN2O5/c1-7-4-8(13(17)18)5-12(15-7)21-11-6-9(16(19)20)2-3-10(11)14/h2-6H,1H3,(H,17,18). The summed E-state index contributed by atoms with van der Waals surface area (Å²) in [7, 11) is 0. The second-order valence-corrected chi connectivity index (χ2v) is 4.97. The van der Waals surface area contributed by atoms with E-state index in [4.69, 9.17) is 9.84 Å². The molecule has 0 unspecified atom stereocenters. The lowest BCUT2D eigenvalue weighted by molar-refractivity contribution is -0.384. The number of hydrogen-bond donors (Lipinski definition) is 1. The van der Waals surface area contributed by atoms with Crippen molar-refractivity contribution < 1.29 is 19.6 Å². The Labute approximate surface area is 127 Å². The van der Waals surface area contributed by atoms with Gasteiger partial charge in [-0.15, -0.1) is 0 Å². The molecule has 2 aromatic rings. The number of carboxylic acid groups (broad SMARTS) is 1. The Kier molecular flexibility index (Phi) is 4.18. The highest BCUT2D eigenvalue weighted by molar-refractivity contribution is 9.10. The first-order valence-electron chi connectivity index (χ1n) is 5.70. The van der Waals surface area contributed by atoms with Crippen LogP contribution in [0.4, 0.5) is 5.69 Å². The van der Waals surface area contributed by atoms with Crippen molar-refractivity contribution in [3.63, 3.8) is 0 Å². The van der Waals surface area contributed by atoms with Crippen LogP contribution in [-0.4, -0.2) is 21.0 Å². The number of non-ortho nitro benzene ring substituents is 1. The van der Waals surface area contributed by atoms with Gasteiger partial charge in [-0.3, -0.25) is 10.1 Å². The summed E-state index contributed by atoms with van der Waals surface area (Å²) in [6, 6.07) is 6.68. The third-order valence-corrected chi connectivity index (χ3v) is 3.17. The lowest BCUT2D eigenvalue weighted by Crippen LogP contribution is -2.00. The van der Waals surface area contributed by atoms with Gasteiger partial charge in [-0.1, -0.05) is 0 Å². The van der Waals surface area contributed by atoms with Crippen molar-refractivity contribution in [3.8, 4) is 11.6 Å². The van der Waals surface area contributed by atoms with Gasteiger partial charge >= 0.3 is 5.97 Å². The number of nitrogens with zero attached hydrogens (tertiary/aromatic N) is 2. The number of aromatic nitrogens is 1. The minimum Gasteiger partial charge on any atom is -0.478 e. The summed E-state index contributed by atoms with van der Waals surface area (Å²) < 4.78 is 5.94. The van der Waals surface area contributed by atoms with Crippen LogP contribution < -0.4 is 4.74 Å². The molecule has 1 N–H and O–H groups in total. The first kappa shape index (κ1) is 14.9. The van der Waals surface area contributed by atoms with Crippen LogP contribution in [0.15, 0.2) is 34.8 Å². The summed E-state index contributed by atoms with van der Waals surface area (Å²) in [5, 5.41) is 19.7. The molecule has 1 heterocycles. The topological polar surface area (TPSA) is 103 Å². The van der Waals surface area contributed by atoms with Crippen molar-refractivity contribution in [2.24, 2.45) is 0 Å². The molecule has 0 aliphatic carbocycles. The van der Waals surface area contributed by atoms with Gasteiger partial charge in [0.15, 0.2) is 5.75 Å². The summed E-state index contributed by atoms with van der Waals surface area (Å²) in [5.74, 6) is -0.879. The van der Waals surface area contributed by atoms with Gasteiger partial charge in [0.25, 0.3) is 5.69 Å². The number of rotatable bonds is 4. The fourth-order valence-corrected chi connectivity index (χ4v) is 1.94. The average molecular weight is 353 g/mol. The molecule has 7 nitrogen and oxygen atoms in total. The normalized spacial score (nSPS) is 10.2. The van der Waals surface area contributed by atoms with Gasteiger partial charge in [-0.25, -0.2) is 9.78 Å². The minimum absolute atomic E-state index is 0.0269. The van der Waals surface area contributed by atoms with Crippen LogP contribution in [-0.2, 0) is 0 Å². The van der Waals surface area contributed by atoms with Crippen molar-refractivity contribution in [3.05, 3.63) is 56.2 Å². The maximum atomic E-state index is 11.0. The molecule has 0 bridgehead atoms. The highest BCUT2D eigenvalue weighted by atomic mass is 79.9. The number of ether oxygens (including phenoxy) is 1. The molecule has 0 amide bonds. The minimum atomic E-state index is -1.11. The van der Waals surface area contributed by atoms with Gasteiger partial charge in [0, 0.05) is 17.8 Å². The van der Waals surface area contributed by atoms with E-state index in [1.54, 1.807) is 6.92 Å². The molecule has 1 aromatic carbocycles.